The number of halogens is 1. The molecule has 4 rings (SSSR count). The summed E-state index contributed by atoms with van der Waals surface area (Å²) in [6.07, 6.45) is 8.33. The lowest BCUT2D eigenvalue weighted by Gasteiger charge is -2.27. The van der Waals surface area contributed by atoms with Gasteiger partial charge in [0.15, 0.2) is 0 Å². The first-order valence-electron chi connectivity index (χ1n) is 8.69. The number of aromatic nitrogens is 2. The molecule has 1 amide bonds. The number of nitrogens with zero attached hydrogens (tertiary/aromatic N) is 2. The average molecular weight is 379 g/mol. The second kappa shape index (κ2) is 8.25. The van der Waals surface area contributed by atoms with Crippen molar-refractivity contribution in [2.24, 2.45) is 5.92 Å². The molecule has 2 aliphatic rings. The highest BCUT2D eigenvalue weighted by molar-refractivity contribution is 7.15. The number of thiazole rings is 1. The molecular formula is C18H23ClN4OS. The van der Waals surface area contributed by atoms with Crippen LogP contribution in [0.15, 0.2) is 24.5 Å². The monoisotopic (exact) mass is 378 g/mol. The Hall–Kier alpha value is -1.50. The highest BCUT2D eigenvalue weighted by Crippen LogP contribution is 2.34. The molecule has 1 atom stereocenters. The summed E-state index contributed by atoms with van der Waals surface area (Å²) in [6, 6.07) is 4.32. The summed E-state index contributed by atoms with van der Waals surface area (Å²) >= 11 is 1.76. The Bertz CT molecular complexity index is 715. The predicted molar refractivity (Wildman–Crippen MR) is 102 cm³/mol. The maximum atomic E-state index is 12.6. The third-order valence-electron chi connectivity index (χ3n) is 4.92. The van der Waals surface area contributed by atoms with Gasteiger partial charge in [-0.3, -0.25) is 9.78 Å². The summed E-state index contributed by atoms with van der Waals surface area (Å²) in [7, 11) is 0. The first-order chi connectivity index (χ1) is 11.8. The number of aryl methyl sites for hydroxylation is 1. The average Bonchev–Trinajstić information content (AvgIpc) is 3.06. The first-order valence-corrected chi connectivity index (χ1v) is 9.51. The largest absolute Gasteiger partial charge is 0.353 e. The fourth-order valence-electron chi connectivity index (χ4n) is 3.51. The van der Waals surface area contributed by atoms with Crippen LogP contribution in [0.4, 0.5) is 0 Å². The molecule has 0 aromatic carbocycles. The third-order valence-corrected chi connectivity index (χ3v) is 6.13. The van der Waals surface area contributed by atoms with Gasteiger partial charge in [-0.2, -0.15) is 0 Å². The van der Waals surface area contributed by atoms with Gasteiger partial charge in [-0.25, -0.2) is 4.98 Å². The Morgan fingerprint density at radius 3 is 2.72 bits per heavy atom. The minimum Gasteiger partial charge on any atom is -0.353 e. The van der Waals surface area contributed by atoms with Crippen molar-refractivity contribution in [1.82, 2.24) is 20.6 Å². The van der Waals surface area contributed by atoms with Crippen LogP contribution in [0.3, 0.4) is 0 Å². The molecule has 0 radical (unpaired) electrons. The van der Waals surface area contributed by atoms with Crippen LogP contribution in [0.1, 0.15) is 29.8 Å². The van der Waals surface area contributed by atoms with Crippen LogP contribution in [0.5, 0.6) is 0 Å². The van der Waals surface area contributed by atoms with Crippen LogP contribution >= 0.6 is 23.7 Å². The maximum absolute atomic E-state index is 12.6. The smallest absolute Gasteiger partial charge is 0.223 e. The third kappa shape index (κ3) is 4.19. The van der Waals surface area contributed by atoms with E-state index in [-0.39, 0.29) is 24.2 Å². The molecule has 1 saturated heterocycles. The number of nitrogens with one attached hydrogen (secondary N) is 2. The molecule has 25 heavy (non-hydrogen) atoms. The molecule has 3 heterocycles. The minimum absolute atomic E-state index is 0. The number of carbonyl (C=O) groups is 1. The number of piperidine rings is 1. The van der Waals surface area contributed by atoms with Crippen LogP contribution in [0.2, 0.25) is 0 Å². The number of rotatable bonds is 3. The number of fused-ring (bicyclic) bond motifs is 1. The van der Waals surface area contributed by atoms with Crippen molar-refractivity contribution in [3.63, 3.8) is 0 Å². The zero-order chi connectivity index (χ0) is 16.4. The van der Waals surface area contributed by atoms with Gasteiger partial charge in [0.1, 0.15) is 5.01 Å². The van der Waals surface area contributed by atoms with E-state index >= 15 is 0 Å². The van der Waals surface area contributed by atoms with Crippen LogP contribution in [-0.2, 0) is 17.6 Å². The Kier molecular flexibility index (Phi) is 6.04. The molecule has 2 aromatic heterocycles. The summed E-state index contributed by atoms with van der Waals surface area (Å²) in [5.74, 6) is 0.283. The van der Waals surface area contributed by atoms with E-state index in [4.69, 9.17) is 4.98 Å². The number of amides is 1. The number of carbonyl (C=O) groups excluding carboxylic acids is 1. The van der Waals surface area contributed by atoms with Crippen molar-refractivity contribution >= 4 is 29.7 Å². The van der Waals surface area contributed by atoms with Crippen molar-refractivity contribution in [1.29, 1.82) is 0 Å². The van der Waals surface area contributed by atoms with Crippen molar-refractivity contribution in [3.05, 3.63) is 35.1 Å². The molecule has 5 nitrogen and oxygen atoms in total. The molecule has 134 valence electrons. The zero-order valence-electron chi connectivity index (χ0n) is 14.0. The number of hydrogen-bond acceptors (Lipinski definition) is 5. The quantitative estimate of drug-likeness (QED) is 0.861. The van der Waals surface area contributed by atoms with Gasteiger partial charge in [0, 0.05) is 41.2 Å². The van der Waals surface area contributed by atoms with Gasteiger partial charge in [0.25, 0.3) is 0 Å². The fourth-order valence-corrected chi connectivity index (χ4v) is 4.62. The standard InChI is InChI=1S/C18H22N4OS.ClH/c23-17(21-14-5-9-20-10-6-14)13-1-2-16-15(11-13)22-18(24-16)12-3-7-19-8-4-12;/h3-4,7-8,13-14,20H,1-2,5-6,9-11H2,(H,21,23);1H. The lowest BCUT2D eigenvalue weighted by atomic mass is 9.89. The van der Waals surface area contributed by atoms with E-state index in [2.05, 4.69) is 15.6 Å². The van der Waals surface area contributed by atoms with Crippen molar-refractivity contribution in [2.75, 3.05) is 13.1 Å². The fraction of sp³-hybridized carbons (Fsp3) is 0.500. The zero-order valence-corrected chi connectivity index (χ0v) is 15.7. The lowest BCUT2D eigenvalue weighted by molar-refractivity contribution is -0.126. The molecule has 7 heteroatoms. The van der Waals surface area contributed by atoms with E-state index in [1.54, 1.807) is 23.7 Å². The van der Waals surface area contributed by atoms with E-state index in [1.807, 2.05) is 12.1 Å². The summed E-state index contributed by atoms with van der Waals surface area (Å²) < 4.78 is 0. The van der Waals surface area contributed by atoms with Gasteiger partial charge in [0.05, 0.1) is 5.69 Å². The Morgan fingerprint density at radius 1 is 1.20 bits per heavy atom. The Labute approximate surface area is 158 Å². The highest BCUT2D eigenvalue weighted by Gasteiger charge is 2.29. The molecule has 0 spiro atoms. The first kappa shape index (κ1) is 18.3. The molecule has 0 bridgehead atoms. The molecule has 2 N–H and O–H groups in total. The van der Waals surface area contributed by atoms with Gasteiger partial charge < -0.3 is 10.6 Å². The summed E-state index contributed by atoms with van der Waals surface area (Å²) in [5, 5.41) is 7.62. The normalized spacial score (nSPS) is 20.4. The van der Waals surface area contributed by atoms with Gasteiger partial charge >= 0.3 is 0 Å². The van der Waals surface area contributed by atoms with Gasteiger partial charge in [-0.1, -0.05) is 0 Å². The molecule has 0 saturated carbocycles. The van der Waals surface area contributed by atoms with E-state index in [0.717, 1.165) is 61.5 Å². The van der Waals surface area contributed by atoms with E-state index in [0.29, 0.717) is 6.04 Å². The van der Waals surface area contributed by atoms with Crippen LogP contribution in [-0.4, -0.2) is 35.0 Å². The second-order valence-corrected chi connectivity index (χ2v) is 7.68. The Balaban J connectivity index is 0.00000182. The van der Waals surface area contributed by atoms with Crippen molar-refractivity contribution < 1.29 is 4.79 Å². The molecule has 1 unspecified atom stereocenters. The molecule has 1 fully saturated rings. The van der Waals surface area contributed by atoms with Gasteiger partial charge in [0.2, 0.25) is 5.91 Å². The second-order valence-electron chi connectivity index (χ2n) is 6.60. The number of pyridine rings is 1. The van der Waals surface area contributed by atoms with Crippen LogP contribution in [0.25, 0.3) is 10.6 Å². The highest BCUT2D eigenvalue weighted by atomic mass is 35.5. The minimum atomic E-state index is 0. The summed E-state index contributed by atoms with van der Waals surface area (Å²) in [6.45, 7) is 2.00. The summed E-state index contributed by atoms with van der Waals surface area (Å²) in [4.78, 5) is 22.8. The number of hydrogen-bond donors (Lipinski definition) is 2. The SMILES string of the molecule is Cl.O=C(NC1CCNCC1)C1CCc2sc(-c3ccncc3)nc2C1. The van der Waals surface area contributed by atoms with Crippen molar-refractivity contribution in [3.8, 4) is 10.6 Å². The maximum Gasteiger partial charge on any atom is 0.223 e. The van der Waals surface area contributed by atoms with Gasteiger partial charge in [-0.15, -0.1) is 23.7 Å². The van der Waals surface area contributed by atoms with Crippen LogP contribution in [0, 0.1) is 5.92 Å². The molecule has 1 aliphatic heterocycles. The lowest BCUT2D eigenvalue weighted by Crippen LogP contribution is -2.45. The Morgan fingerprint density at radius 2 is 1.96 bits per heavy atom. The van der Waals surface area contributed by atoms with Crippen LogP contribution < -0.4 is 10.6 Å². The van der Waals surface area contributed by atoms with Gasteiger partial charge in [-0.05, 0) is 50.9 Å². The van der Waals surface area contributed by atoms with E-state index < -0.39 is 0 Å². The van der Waals surface area contributed by atoms with E-state index in [9.17, 15) is 4.79 Å². The molecule has 2 aromatic rings. The molecule has 1 aliphatic carbocycles. The topological polar surface area (TPSA) is 66.9 Å². The predicted octanol–water partition coefficient (Wildman–Crippen LogP) is 2.60. The van der Waals surface area contributed by atoms with E-state index in [1.165, 1.54) is 4.88 Å². The summed E-state index contributed by atoms with van der Waals surface area (Å²) in [5.41, 5.74) is 2.23. The van der Waals surface area contributed by atoms with Crippen molar-refractivity contribution in [2.45, 2.75) is 38.1 Å². The molecular weight excluding hydrogens is 356 g/mol.